The summed E-state index contributed by atoms with van der Waals surface area (Å²) in [6.45, 7) is 3.14. The molecule has 3 heteroatoms. The van der Waals surface area contributed by atoms with Crippen LogP contribution in [0, 0.1) is 5.92 Å². The third-order valence-corrected chi connectivity index (χ3v) is 3.48. The highest BCUT2D eigenvalue weighted by Gasteiger charge is 2.05. The number of rotatable bonds is 6. The molecule has 1 atom stereocenters. The molecule has 1 unspecified atom stereocenters. The topological polar surface area (TPSA) is 24.9 Å². The van der Waals surface area contributed by atoms with E-state index in [4.69, 9.17) is 11.6 Å². The molecule has 0 fully saturated rings. The van der Waals surface area contributed by atoms with Gasteiger partial charge in [0, 0.05) is 17.8 Å². The zero-order valence-corrected chi connectivity index (χ0v) is 11.5. The molecule has 0 aliphatic heterocycles. The lowest BCUT2D eigenvalue weighted by Gasteiger charge is -2.14. The van der Waals surface area contributed by atoms with Crippen molar-refractivity contribution in [2.24, 2.45) is 5.92 Å². The highest BCUT2D eigenvalue weighted by molar-refractivity contribution is 6.17. The van der Waals surface area contributed by atoms with Crippen LogP contribution in [0.4, 0.5) is 5.82 Å². The van der Waals surface area contributed by atoms with E-state index in [0.717, 1.165) is 36.6 Å². The number of nitrogens with zero attached hydrogens (tertiary/aromatic N) is 1. The van der Waals surface area contributed by atoms with Gasteiger partial charge in [0.05, 0.1) is 5.52 Å². The minimum absolute atomic E-state index is 0.621. The number of hydrogen-bond donors (Lipinski definition) is 1. The maximum atomic E-state index is 5.79. The van der Waals surface area contributed by atoms with Gasteiger partial charge in [0.25, 0.3) is 0 Å². The highest BCUT2D eigenvalue weighted by atomic mass is 35.5. The molecule has 0 spiro atoms. The molecule has 1 heterocycles. The van der Waals surface area contributed by atoms with Crippen LogP contribution < -0.4 is 5.32 Å². The Morgan fingerprint density at radius 1 is 1.22 bits per heavy atom. The number of benzene rings is 1. The first-order chi connectivity index (χ1) is 8.83. The lowest BCUT2D eigenvalue weighted by molar-refractivity contribution is 0.521. The van der Waals surface area contributed by atoms with Crippen LogP contribution in [0.5, 0.6) is 0 Å². The van der Waals surface area contributed by atoms with Crippen LogP contribution in [0.15, 0.2) is 36.4 Å². The first-order valence-electron chi connectivity index (χ1n) is 6.49. The molecule has 96 valence electrons. The Kier molecular flexibility index (Phi) is 4.82. The number of aromatic nitrogens is 1. The van der Waals surface area contributed by atoms with Crippen molar-refractivity contribution >= 4 is 28.3 Å². The second kappa shape index (κ2) is 6.60. The molecular weight excluding hydrogens is 244 g/mol. The Morgan fingerprint density at radius 3 is 2.83 bits per heavy atom. The lowest BCUT2D eigenvalue weighted by Crippen LogP contribution is -2.14. The molecule has 2 rings (SSSR count). The van der Waals surface area contributed by atoms with Crippen molar-refractivity contribution in [3.8, 4) is 0 Å². The fourth-order valence-electron chi connectivity index (χ4n) is 2.02. The van der Waals surface area contributed by atoms with Crippen LogP contribution >= 0.6 is 11.6 Å². The van der Waals surface area contributed by atoms with Gasteiger partial charge in [-0.05, 0) is 30.5 Å². The second-order valence-electron chi connectivity index (χ2n) is 4.52. The second-order valence-corrected chi connectivity index (χ2v) is 4.90. The normalized spacial score (nSPS) is 12.6. The molecule has 2 aromatic rings. The number of pyridine rings is 1. The largest absolute Gasteiger partial charge is 0.370 e. The number of nitrogens with one attached hydrogen (secondary N) is 1. The van der Waals surface area contributed by atoms with Crippen LogP contribution in [-0.4, -0.2) is 17.4 Å². The fourth-order valence-corrected chi connectivity index (χ4v) is 2.33. The first kappa shape index (κ1) is 13.2. The molecule has 2 nitrogen and oxygen atoms in total. The maximum absolute atomic E-state index is 5.79. The van der Waals surface area contributed by atoms with E-state index in [1.165, 1.54) is 5.39 Å². The third-order valence-electron chi connectivity index (χ3n) is 3.26. The molecule has 0 radical (unpaired) electrons. The summed E-state index contributed by atoms with van der Waals surface area (Å²) in [4.78, 5) is 4.60. The van der Waals surface area contributed by atoms with E-state index in [9.17, 15) is 0 Å². The monoisotopic (exact) mass is 262 g/mol. The molecule has 0 bridgehead atoms. The van der Waals surface area contributed by atoms with Crippen molar-refractivity contribution in [3.63, 3.8) is 0 Å². The summed E-state index contributed by atoms with van der Waals surface area (Å²) in [5.41, 5.74) is 1.04. The summed E-state index contributed by atoms with van der Waals surface area (Å²) in [7, 11) is 0. The molecule has 18 heavy (non-hydrogen) atoms. The predicted octanol–water partition coefficient (Wildman–Crippen LogP) is 4.30. The summed E-state index contributed by atoms with van der Waals surface area (Å²) in [6.07, 6.45) is 2.20. The zero-order valence-electron chi connectivity index (χ0n) is 10.7. The predicted molar refractivity (Wildman–Crippen MR) is 79.4 cm³/mol. The lowest BCUT2D eigenvalue weighted by atomic mass is 10.0. The third kappa shape index (κ3) is 3.36. The fraction of sp³-hybridized carbons (Fsp3) is 0.400. The summed E-state index contributed by atoms with van der Waals surface area (Å²) in [5, 5.41) is 4.58. The van der Waals surface area contributed by atoms with Crippen LogP contribution in [0.25, 0.3) is 10.9 Å². The highest BCUT2D eigenvalue weighted by Crippen LogP contribution is 2.16. The summed E-state index contributed by atoms with van der Waals surface area (Å²) < 4.78 is 0. The summed E-state index contributed by atoms with van der Waals surface area (Å²) in [5.74, 6) is 2.29. The molecule has 0 amide bonds. The maximum Gasteiger partial charge on any atom is 0.126 e. The smallest absolute Gasteiger partial charge is 0.126 e. The van der Waals surface area contributed by atoms with Gasteiger partial charge in [-0.2, -0.15) is 0 Å². The minimum Gasteiger partial charge on any atom is -0.370 e. The first-order valence-corrected chi connectivity index (χ1v) is 7.02. The van der Waals surface area contributed by atoms with E-state index >= 15 is 0 Å². The van der Waals surface area contributed by atoms with E-state index in [-0.39, 0.29) is 0 Å². The van der Waals surface area contributed by atoms with Crippen molar-refractivity contribution in [2.75, 3.05) is 17.7 Å². The Bertz CT molecular complexity index is 499. The molecule has 1 aromatic carbocycles. The number of para-hydroxylation sites is 1. The summed E-state index contributed by atoms with van der Waals surface area (Å²) in [6, 6.07) is 12.3. The van der Waals surface area contributed by atoms with Gasteiger partial charge in [-0.3, -0.25) is 0 Å². The van der Waals surface area contributed by atoms with Gasteiger partial charge in [0.15, 0.2) is 0 Å². The Morgan fingerprint density at radius 2 is 2.06 bits per heavy atom. The van der Waals surface area contributed by atoms with Gasteiger partial charge in [0.2, 0.25) is 0 Å². The van der Waals surface area contributed by atoms with Crippen molar-refractivity contribution in [1.29, 1.82) is 0 Å². The molecular formula is C15H19ClN2. The Labute approximate surface area is 113 Å². The zero-order chi connectivity index (χ0) is 12.8. The van der Waals surface area contributed by atoms with Crippen molar-refractivity contribution in [1.82, 2.24) is 4.98 Å². The van der Waals surface area contributed by atoms with Gasteiger partial charge in [-0.15, -0.1) is 11.6 Å². The average Bonchev–Trinajstić information content (AvgIpc) is 2.43. The Balaban J connectivity index is 2.03. The average molecular weight is 263 g/mol. The summed E-state index contributed by atoms with van der Waals surface area (Å²) >= 11 is 5.79. The number of anilines is 1. The quantitative estimate of drug-likeness (QED) is 0.785. The van der Waals surface area contributed by atoms with Gasteiger partial charge in [-0.25, -0.2) is 4.98 Å². The Hall–Kier alpha value is -1.28. The van der Waals surface area contributed by atoms with Crippen molar-refractivity contribution in [3.05, 3.63) is 36.4 Å². The molecule has 0 aliphatic rings. The van der Waals surface area contributed by atoms with Crippen LogP contribution in [0.3, 0.4) is 0 Å². The van der Waals surface area contributed by atoms with Crippen LogP contribution in [-0.2, 0) is 0 Å². The number of fused-ring (bicyclic) bond motifs is 1. The van der Waals surface area contributed by atoms with Crippen LogP contribution in [0.1, 0.15) is 19.8 Å². The van der Waals surface area contributed by atoms with Gasteiger partial charge >= 0.3 is 0 Å². The molecule has 0 saturated carbocycles. The standard InChI is InChI=1S/C15H19ClN2/c1-2-12(9-10-16)11-17-15-8-7-13-5-3-4-6-14(13)18-15/h3-8,12H,2,9-11H2,1H3,(H,17,18). The number of hydrogen-bond acceptors (Lipinski definition) is 2. The van der Waals surface area contributed by atoms with Gasteiger partial charge in [-0.1, -0.05) is 31.5 Å². The molecule has 1 N–H and O–H groups in total. The van der Waals surface area contributed by atoms with Crippen molar-refractivity contribution < 1.29 is 0 Å². The van der Waals surface area contributed by atoms with Gasteiger partial charge < -0.3 is 5.32 Å². The minimum atomic E-state index is 0.621. The van der Waals surface area contributed by atoms with Gasteiger partial charge in [0.1, 0.15) is 5.82 Å². The van der Waals surface area contributed by atoms with Crippen LogP contribution in [0.2, 0.25) is 0 Å². The van der Waals surface area contributed by atoms with E-state index in [0.29, 0.717) is 5.92 Å². The number of halogens is 1. The SMILES string of the molecule is CCC(CCCl)CNc1ccc2ccccc2n1. The van der Waals surface area contributed by atoms with E-state index in [1.807, 2.05) is 24.3 Å². The molecule has 1 aromatic heterocycles. The van der Waals surface area contributed by atoms with E-state index < -0.39 is 0 Å². The van der Waals surface area contributed by atoms with Crippen molar-refractivity contribution in [2.45, 2.75) is 19.8 Å². The van der Waals surface area contributed by atoms with E-state index in [2.05, 4.69) is 29.4 Å². The van der Waals surface area contributed by atoms with E-state index in [1.54, 1.807) is 0 Å². The number of alkyl halides is 1. The molecule has 0 saturated heterocycles. The molecule has 0 aliphatic carbocycles.